The van der Waals surface area contributed by atoms with Crippen molar-refractivity contribution in [2.75, 3.05) is 13.2 Å². The van der Waals surface area contributed by atoms with E-state index in [1.165, 1.54) is 44.1 Å². The van der Waals surface area contributed by atoms with Crippen molar-refractivity contribution in [2.24, 2.45) is 16.6 Å². The average Bonchev–Trinajstić information content (AvgIpc) is 2.90. The third kappa shape index (κ3) is 6.44. The molecule has 4 nitrogen and oxygen atoms in total. The number of hydrogen-bond donors (Lipinski definition) is 2. The molecule has 2 aliphatic rings. The normalized spacial score (nSPS) is 25.7. The van der Waals surface area contributed by atoms with Crippen LogP contribution in [0.15, 0.2) is 35.3 Å². The first-order valence-electron chi connectivity index (χ1n) is 9.56. The van der Waals surface area contributed by atoms with Crippen molar-refractivity contribution in [2.45, 2.75) is 63.5 Å². The van der Waals surface area contributed by atoms with E-state index >= 15 is 0 Å². The first-order valence-corrected chi connectivity index (χ1v) is 9.56. The van der Waals surface area contributed by atoms with Crippen LogP contribution in [0.4, 0.5) is 0 Å². The molecule has 1 aliphatic heterocycles. The van der Waals surface area contributed by atoms with Crippen LogP contribution < -0.4 is 11.1 Å². The van der Waals surface area contributed by atoms with Gasteiger partial charge in [0.1, 0.15) is 0 Å². The van der Waals surface area contributed by atoms with Gasteiger partial charge in [-0.05, 0) is 31.2 Å². The second-order valence-corrected chi connectivity index (χ2v) is 7.16. The lowest BCUT2D eigenvalue weighted by molar-refractivity contribution is -0.0250. The van der Waals surface area contributed by atoms with E-state index < -0.39 is 0 Å². The minimum absolute atomic E-state index is 0. The molecule has 25 heavy (non-hydrogen) atoms. The zero-order valence-corrected chi connectivity index (χ0v) is 17.4. The zero-order chi connectivity index (χ0) is 16.6. The maximum Gasteiger partial charge on any atom is 0.188 e. The number of nitrogens with zero attached hydrogens (tertiary/aromatic N) is 1. The maximum absolute atomic E-state index is 6.15. The second kappa shape index (κ2) is 11.0. The number of aliphatic imine (C=N–C) groups is 1. The fourth-order valence-corrected chi connectivity index (χ4v) is 3.94. The van der Waals surface area contributed by atoms with Gasteiger partial charge in [0, 0.05) is 25.1 Å². The molecule has 0 amide bonds. The number of halogens is 1. The van der Waals surface area contributed by atoms with Gasteiger partial charge in [-0.25, -0.2) is 0 Å². The van der Waals surface area contributed by atoms with Crippen molar-refractivity contribution in [3.8, 4) is 0 Å². The fraction of sp³-hybridized carbons (Fsp3) is 0.650. The summed E-state index contributed by atoms with van der Waals surface area (Å²) in [4.78, 5) is 4.65. The number of hydrogen-bond acceptors (Lipinski definition) is 2. The average molecular weight is 457 g/mol. The van der Waals surface area contributed by atoms with E-state index in [2.05, 4.69) is 34.6 Å². The van der Waals surface area contributed by atoms with Crippen molar-refractivity contribution in [1.82, 2.24) is 5.32 Å². The molecule has 1 aromatic rings. The van der Waals surface area contributed by atoms with Gasteiger partial charge < -0.3 is 15.8 Å². The predicted octanol–water partition coefficient (Wildman–Crippen LogP) is 4.40. The monoisotopic (exact) mass is 457 g/mol. The summed E-state index contributed by atoms with van der Waals surface area (Å²) in [7, 11) is 0. The van der Waals surface area contributed by atoms with E-state index in [0.29, 0.717) is 17.9 Å². The molecule has 1 saturated carbocycles. The molecule has 3 rings (SSSR count). The number of ether oxygens (including phenoxy) is 1. The van der Waals surface area contributed by atoms with Crippen LogP contribution in [-0.4, -0.2) is 25.2 Å². The van der Waals surface area contributed by atoms with E-state index in [0.717, 1.165) is 26.0 Å². The number of benzene rings is 1. The van der Waals surface area contributed by atoms with E-state index in [1.807, 2.05) is 6.07 Å². The third-order valence-corrected chi connectivity index (χ3v) is 5.28. The van der Waals surface area contributed by atoms with Crippen LogP contribution in [0.25, 0.3) is 0 Å². The molecule has 2 atom stereocenters. The minimum Gasteiger partial charge on any atom is -0.373 e. The van der Waals surface area contributed by atoms with Crippen LogP contribution >= 0.6 is 24.0 Å². The van der Waals surface area contributed by atoms with Crippen molar-refractivity contribution in [1.29, 1.82) is 0 Å². The molecule has 0 spiro atoms. The molecular weight excluding hydrogens is 425 g/mol. The van der Waals surface area contributed by atoms with Gasteiger partial charge in [-0.1, -0.05) is 56.0 Å². The summed E-state index contributed by atoms with van der Waals surface area (Å²) in [5.41, 5.74) is 7.41. The van der Waals surface area contributed by atoms with Crippen LogP contribution in [0, 0.1) is 5.92 Å². The molecule has 2 fully saturated rings. The number of rotatable bonds is 4. The van der Waals surface area contributed by atoms with Crippen LogP contribution in [0.2, 0.25) is 0 Å². The molecule has 5 heteroatoms. The molecule has 1 heterocycles. The summed E-state index contributed by atoms with van der Waals surface area (Å²) in [5, 5.41) is 3.44. The molecular formula is C20H32IN3O. The van der Waals surface area contributed by atoms with Gasteiger partial charge >= 0.3 is 0 Å². The van der Waals surface area contributed by atoms with Crippen LogP contribution in [0.3, 0.4) is 0 Å². The molecule has 1 saturated heterocycles. The summed E-state index contributed by atoms with van der Waals surface area (Å²) in [6.45, 7) is 1.58. The van der Waals surface area contributed by atoms with Crippen molar-refractivity contribution in [3.63, 3.8) is 0 Å². The van der Waals surface area contributed by atoms with Crippen LogP contribution in [0.5, 0.6) is 0 Å². The minimum atomic E-state index is 0. The van der Waals surface area contributed by atoms with Gasteiger partial charge in [0.15, 0.2) is 5.96 Å². The Balaban J connectivity index is 0.00000225. The molecule has 2 unspecified atom stereocenters. The highest BCUT2D eigenvalue weighted by Crippen LogP contribution is 2.33. The van der Waals surface area contributed by atoms with Crippen molar-refractivity contribution < 1.29 is 4.74 Å². The SMILES string of the molecule is I.NC(=NCC1CCCOC1c1ccccc1)NC1CCCCCC1. The fourth-order valence-electron chi connectivity index (χ4n) is 3.94. The van der Waals surface area contributed by atoms with Crippen molar-refractivity contribution >= 4 is 29.9 Å². The number of nitrogens with one attached hydrogen (secondary N) is 1. The Bertz CT molecular complexity index is 515. The van der Waals surface area contributed by atoms with Crippen molar-refractivity contribution in [3.05, 3.63) is 35.9 Å². The quantitative estimate of drug-likeness (QED) is 0.305. The highest BCUT2D eigenvalue weighted by atomic mass is 127. The topological polar surface area (TPSA) is 59.6 Å². The third-order valence-electron chi connectivity index (χ3n) is 5.28. The Labute approximate surface area is 169 Å². The van der Waals surface area contributed by atoms with Crippen LogP contribution in [-0.2, 0) is 4.74 Å². The Morgan fingerprint density at radius 1 is 1.04 bits per heavy atom. The molecule has 140 valence electrons. The highest BCUT2D eigenvalue weighted by Gasteiger charge is 2.27. The summed E-state index contributed by atoms with van der Waals surface area (Å²) >= 11 is 0. The molecule has 0 radical (unpaired) electrons. The smallest absolute Gasteiger partial charge is 0.188 e. The number of nitrogens with two attached hydrogens (primary N) is 1. The van der Waals surface area contributed by atoms with E-state index in [9.17, 15) is 0 Å². The zero-order valence-electron chi connectivity index (χ0n) is 15.0. The lowest BCUT2D eigenvalue weighted by atomic mass is 9.89. The molecule has 0 aromatic heterocycles. The first-order chi connectivity index (χ1) is 11.8. The standard InChI is InChI=1S/C20H31N3O.HI/c21-20(23-18-12-6-1-2-7-13-18)22-15-17-11-8-14-24-19(17)16-9-4-3-5-10-16;/h3-5,9-10,17-19H,1-2,6-8,11-15H2,(H3,21,22,23);1H. The second-order valence-electron chi connectivity index (χ2n) is 7.16. The Morgan fingerprint density at radius 2 is 1.76 bits per heavy atom. The highest BCUT2D eigenvalue weighted by molar-refractivity contribution is 14.0. The summed E-state index contributed by atoms with van der Waals surface area (Å²) < 4.78 is 6.04. The summed E-state index contributed by atoms with van der Waals surface area (Å²) in [6.07, 6.45) is 10.2. The molecule has 1 aromatic carbocycles. The van der Waals surface area contributed by atoms with Gasteiger partial charge in [-0.15, -0.1) is 24.0 Å². The van der Waals surface area contributed by atoms with E-state index in [-0.39, 0.29) is 30.1 Å². The van der Waals surface area contributed by atoms with Gasteiger partial charge in [0.05, 0.1) is 6.10 Å². The lowest BCUT2D eigenvalue weighted by Crippen LogP contribution is -2.40. The first kappa shape index (κ1) is 20.5. The largest absolute Gasteiger partial charge is 0.373 e. The maximum atomic E-state index is 6.15. The predicted molar refractivity (Wildman–Crippen MR) is 114 cm³/mol. The van der Waals surface area contributed by atoms with E-state index in [1.54, 1.807) is 0 Å². The van der Waals surface area contributed by atoms with Gasteiger partial charge in [0.25, 0.3) is 0 Å². The van der Waals surface area contributed by atoms with Crippen LogP contribution in [0.1, 0.15) is 63.0 Å². The lowest BCUT2D eigenvalue weighted by Gasteiger charge is -2.31. The Kier molecular flexibility index (Phi) is 9.03. The summed E-state index contributed by atoms with van der Waals surface area (Å²) in [6, 6.07) is 11.0. The number of guanidine groups is 1. The Morgan fingerprint density at radius 3 is 2.48 bits per heavy atom. The Hall–Kier alpha value is -0.820. The van der Waals surface area contributed by atoms with Gasteiger partial charge in [-0.3, -0.25) is 4.99 Å². The molecule has 1 aliphatic carbocycles. The van der Waals surface area contributed by atoms with Gasteiger partial charge in [0.2, 0.25) is 0 Å². The van der Waals surface area contributed by atoms with E-state index in [4.69, 9.17) is 10.5 Å². The molecule has 0 bridgehead atoms. The molecule has 3 N–H and O–H groups in total. The summed E-state index contributed by atoms with van der Waals surface area (Å²) in [5.74, 6) is 1.02. The van der Waals surface area contributed by atoms with Gasteiger partial charge in [-0.2, -0.15) is 0 Å².